The molecule has 3 fully saturated rings. The molecule has 0 aromatic heterocycles. The Kier molecular flexibility index (Phi) is 5.91. The molecule has 5 rings (SSSR count). The molecular weight excluding hydrogens is 612 g/mol. The predicted octanol–water partition coefficient (Wildman–Crippen LogP) is 3.39. The number of aromatic hydroxyl groups is 1. The average molecular weight is 628 g/mol. The van der Waals surface area contributed by atoms with Crippen molar-refractivity contribution in [1.29, 1.82) is 0 Å². The van der Waals surface area contributed by atoms with Gasteiger partial charge in [0.1, 0.15) is 11.5 Å². The lowest BCUT2D eigenvalue weighted by molar-refractivity contribution is -0.274. The zero-order valence-corrected chi connectivity index (χ0v) is 21.4. The van der Waals surface area contributed by atoms with Crippen molar-refractivity contribution in [2.45, 2.75) is 34.9 Å². The number of phenols is 1. The minimum absolute atomic E-state index is 0.00769. The van der Waals surface area contributed by atoms with E-state index in [4.69, 9.17) is 23.2 Å². The average Bonchev–Trinajstić information content (AvgIpc) is 3.12. The molecule has 4 aliphatic rings. The van der Waals surface area contributed by atoms with Crippen LogP contribution in [-0.4, -0.2) is 65.5 Å². The number of rotatable bonds is 3. The Hall–Kier alpha value is -2.35. The summed E-state index contributed by atoms with van der Waals surface area (Å²) in [5, 5.41) is 20.7. The monoisotopic (exact) mass is 626 g/mol. The van der Waals surface area contributed by atoms with E-state index in [-0.39, 0.29) is 34.5 Å². The van der Waals surface area contributed by atoms with Gasteiger partial charge >= 0.3 is 6.36 Å². The number of allylic oxidation sites excluding steroid dienone is 2. The fourth-order valence-electron chi connectivity index (χ4n) is 6.04. The van der Waals surface area contributed by atoms with Crippen molar-refractivity contribution < 1.29 is 47.4 Å². The van der Waals surface area contributed by atoms with Gasteiger partial charge in [-0.05, 0) is 37.0 Å². The molecule has 0 unspecified atom stereocenters. The first-order valence-electron chi connectivity index (χ1n) is 10.8. The maximum atomic E-state index is 13.6. The highest BCUT2D eigenvalue weighted by Crippen LogP contribution is 2.66. The maximum Gasteiger partial charge on any atom is 0.573 e. The molecule has 0 radical (unpaired) electrons. The number of carbonyl (C=O) groups is 4. The van der Waals surface area contributed by atoms with Gasteiger partial charge in [-0.1, -0.05) is 27.6 Å². The Labute approximate surface area is 224 Å². The summed E-state index contributed by atoms with van der Waals surface area (Å²) < 4.78 is 42.9. The molecule has 15 heteroatoms. The van der Waals surface area contributed by atoms with Crippen molar-refractivity contribution in [3.8, 4) is 11.5 Å². The molecular formula is C22H16BrCl2F3N2O7. The summed E-state index contributed by atoms with van der Waals surface area (Å²) in [7, 11) is 0. The number of hydroxylamine groups is 2. The van der Waals surface area contributed by atoms with Gasteiger partial charge in [-0.2, -0.15) is 5.06 Å². The van der Waals surface area contributed by atoms with Gasteiger partial charge < -0.3 is 9.84 Å². The van der Waals surface area contributed by atoms with Crippen LogP contribution in [0.25, 0.3) is 0 Å². The highest BCUT2D eigenvalue weighted by atomic mass is 79.9. The van der Waals surface area contributed by atoms with Crippen LogP contribution < -0.4 is 4.74 Å². The molecule has 2 N–H and O–H groups in total. The van der Waals surface area contributed by atoms with E-state index in [2.05, 4.69) is 20.7 Å². The van der Waals surface area contributed by atoms with Gasteiger partial charge in [0.15, 0.2) is 9.75 Å². The Morgan fingerprint density at radius 1 is 1.11 bits per heavy atom. The van der Waals surface area contributed by atoms with E-state index >= 15 is 0 Å². The summed E-state index contributed by atoms with van der Waals surface area (Å²) in [6.07, 6.45) is -4.04. The number of imide groups is 2. The SMILES string of the molecule is O=C1[C@H]2[C@H](CC=C3[C@H]2C[C@@]2(Cl)C(=O)N(CBr)C(=O)[C@@]2(Cl)[C@H]3c2cc(OC(F)(F)F)ccc2O)C(=O)N1O. The van der Waals surface area contributed by atoms with Crippen LogP contribution in [0.1, 0.15) is 24.3 Å². The number of ether oxygens (including phenoxy) is 1. The van der Waals surface area contributed by atoms with Crippen molar-refractivity contribution in [1.82, 2.24) is 9.96 Å². The third-order valence-electron chi connectivity index (χ3n) is 7.54. The highest BCUT2D eigenvalue weighted by Gasteiger charge is 2.76. The van der Waals surface area contributed by atoms with E-state index in [9.17, 15) is 42.7 Å². The van der Waals surface area contributed by atoms with Crippen molar-refractivity contribution >= 4 is 62.8 Å². The van der Waals surface area contributed by atoms with Crippen LogP contribution in [0.3, 0.4) is 0 Å². The molecule has 2 aliphatic heterocycles. The maximum absolute atomic E-state index is 13.6. The van der Waals surface area contributed by atoms with Crippen LogP contribution >= 0.6 is 39.1 Å². The number of amides is 4. The lowest BCUT2D eigenvalue weighted by atomic mass is 9.56. The second-order valence-corrected chi connectivity index (χ2v) is 11.0. The van der Waals surface area contributed by atoms with Crippen LogP contribution in [0.2, 0.25) is 0 Å². The number of benzene rings is 1. The Balaban J connectivity index is 1.75. The molecule has 198 valence electrons. The van der Waals surface area contributed by atoms with E-state index in [1.807, 2.05) is 0 Å². The van der Waals surface area contributed by atoms with Gasteiger partial charge in [0, 0.05) is 11.5 Å². The topological polar surface area (TPSA) is 124 Å². The summed E-state index contributed by atoms with van der Waals surface area (Å²) in [6.45, 7) is 0. The zero-order valence-electron chi connectivity index (χ0n) is 18.3. The lowest BCUT2D eigenvalue weighted by Crippen LogP contribution is -2.60. The van der Waals surface area contributed by atoms with Gasteiger partial charge in [-0.25, -0.2) is 0 Å². The van der Waals surface area contributed by atoms with Gasteiger partial charge in [0.05, 0.1) is 17.3 Å². The van der Waals surface area contributed by atoms with Crippen molar-refractivity contribution in [2.75, 3.05) is 5.45 Å². The number of hydrogen-bond acceptors (Lipinski definition) is 7. The summed E-state index contributed by atoms with van der Waals surface area (Å²) in [5.41, 5.74) is -0.381. The minimum atomic E-state index is -5.08. The number of likely N-dealkylation sites (tertiary alicyclic amines) is 1. The van der Waals surface area contributed by atoms with Crippen molar-refractivity contribution in [2.24, 2.45) is 17.8 Å². The predicted molar refractivity (Wildman–Crippen MR) is 122 cm³/mol. The normalized spacial score (nSPS) is 35.4. The van der Waals surface area contributed by atoms with Gasteiger partial charge in [0.25, 0.3) is 23.6 Å². The summed E-state index contributed by atoms with van der Waals surface area (Å²) in [4.78, 5) is 48.5. The van der Waals surface area contributed by atoms with Gasteiger partial charge in [0.2, 0.25) is 0 Å². The summed E-state index contributed by atoms with van der Waals surface area (Å²) in [6, 6.07) is 2.59. The fourth-order valence-corrected chi connectivity index (χ4v) is 7.46. The standard InChI is InChI=1S/C22H16BrCl2F3N2O7/c23-7-29-18(34)20(24)6-12-9(2-3-10-14(12)17(33)30(36)16(10)32)15(21(20,25)19(29)35)11-5-8(1-4-13(11)31)37-22(26,27)28/h1-2,4-5,10,12,14-15,31,36H,3,6-7H2/t10-,12+,14-,15+,20+,21-/m0/s1. The van der Waals surface area contributed by atoms with Crippen LogP contribution in [-0.2, 0) is 19.2 Å². The fraction of sp³-hybridized carbons (Fsp3) is 0.455. The lowest BCUT2D eigenvalue weighted by Gasteiger charge is -2.50. The number of nitrogens with zero attached hydrogens (tertiary/aromatic N) is 2. The Morgan fingerprint density at radius 3 is 2.41 bits per heavy atom. The second kappa shape index (κ2) is 8.32. The van der Waals surface area contributed by atoms with Crippen LogP contribution in [0.5, 0.6) is 11.5 Å². The van der Waals surface area contributed by atoms with E-state index in [0.717, 1.165) is 23.1 Å². The molecule has 6 atom stereocenters. The third kappa shape index (κ3) is 3.46. The molecule has 0 bridgehead atoms. The van der Waals surface area contributed by atoms with Crippen molar-refractivity contribution in [3.63, 3.8) is 0 Å². The minimum Gasteiger partial charge on any atom is -0.508 e. The van der Waals surface area contributed by atoms with Crippen molar-refractivity contribution in [3.05, 3.63) is 35.4 Å². The van der Waals surface area contributed by atoms with E-state index in [1.54, 1.807) is 0 Å². The Bertz CT molecular complexity index is 1290. The molecule has 2 heterocycles. The molecule has 4 amide bonds. The first-order valence-corrected chi connectivity index (χ1v) is 12.7. The molecule has 9 nitrogen and oxygen atoms in total. The Morgan fingerprint density at radius 2 is 1.78 bits per heavy atom. The second-order valence-electron chi connectivity index (χ2n) is 9.24. The van der Waals surface area contributed by atoms with Crippen LogP contribution in [0, 0.1) is 17.8 Å². The molecule has 2 aliphatic carbocycles. The van der Waals surface area contributed by atoms with E-state index in [0.29, 0.717) is 0 Å². The quantitative estimate of drug-likeness (QED) is 0.173. The zero-order chi connectivity index (χ0) is 27.2. The van der Waals surface area contributed by atoms with Crippen LogP contribution in [0.15, 0.2) is 29.8 Å². The number of halogens is 6. The molecule has 37 heavy (non-hydrogen) atoms. The van der Waals surface area contributed by atoms with Crippen LogP contribution in [0.4, 0.5) is 13.2 Å². The van der Waals surface area contributed by atoms with E-state index in [1.165, 1.54) is 6.08 Å². The molecule has 0 spiro atoms. The number of fused-ring (bicyclic) bond motifs is 4. The molecule has 1 aromatic carbocycles. The summed E-state index contributed by atoms with van der Waals surface area (Å²) in [5.74, 6) is -9.66. The molecule has 1 saturated carbocycles. The molecule has 1 aromatic rings. The number of phenolic OH excluding ortho intramolecular Hbond substituents is 1. The number of carbonyl (C=O) groups excluding carboxylic acids is 4. The summed E-state index contributed by atoms with van der Waals surface area (Å²) >= 11 is 16.8. The van der Waals surface area contributed by atoms with E-state index < -0.39 is 74.9 Å². The smallest absolute Gasteiger partial charge is 0.508 e. The number of alkyl halides is 6. The van der Waals surface area contributed by atoms with Gasteiger partial charge in [-0.3, -0.25) is 29.3 Å². The largest absolute Gasteiger partial charge is 0.573 e. The first kappa shape index (κ1) is 26.3. The van der Waals surface area contributed by atoms with Gasteiger partial charge in [-0.15, -0.1) is 36.4 Å². The highest BCUT2D eigenvalue weighted by molar-refractivity contribution is 9.09. The molecule has 2 saturated heterocycles. The third-order valence-corrected chi connectivity index (χ3v) is 9.45. The first-order chi connectivity index (χ1) is 17.2. The number of hydrogen-bond donors (Lipinski definition) is 2.